The van der Waals surface area contributed by atoms with Gasteiger partial charge in [-0.15, -0.1) is 0 Å². The molecule has 1 aromatic carbocycles. The highest BCUT2D eigenvalue weighted by Crippen LogP contribution is 2.30. The van der Waals surface area contributed by atoms with Gasteiger partial charge in [0, 0.05) is 17.6 Å². The van der Waals surface area contributed by atoms with Gasteiger partial charge in [0.15, 0.2) is 0 Å². The van der Waals surface area contributed by atoms with Gasteiger partial charge >= 0.3 is 6.03 Å². The molecule has 0 radical (unpaired) electrons. The number of rotatable bonds is 5. The van der Waals surface area contributed by atoms with Crippen LogP contribution < -0.4 is 16.0 Å². The Hall–Kier alpha value is -2.04. The third kappa shape index (κ3) is 5.75. The first-order chi connectivity index (χ1) is 12.6. The maximum atomic E-state index is 12.3. The normalized spacial score (nSPS) is 19.7. The van der Waals surface area contributed by atoms with Crippen molar-refractivity contribution in [1.82, 2.24) is 10.6 Å². The van der Waals surface area contributed by atoms with Crippen LogP contribution in [0.3, 0.4) is 0 Å². The molecule has 0 aromatic heterocycles. The van der Waals surface area contributed by atoms with Crippen molar-refractivity contribution in [3.05, 3.63) is 29.8 Å². The number of carbonyl (C=O) groups excluding carboxylic acids is 2. The zero-order valence-corrected chi connectivity index (χ0v) is 15.7. The Labute approximate surface area is 156 Å². The van der Waals surface area contributed by atoms with E-state index in [1.54, 1.807) is 0 Å². The highest BCUT2D eigenvalue weighted by molar-refractivity contribution is 5.94. The van der Waals surface area contributed by atoms with E-state index in [2.05, 4.69) is 16.0 Å². The van der Waals surface area contributed by atoms with Crippen LogP contribution in [0, 0.1) is 5.92 Å². The van der Waals surface area contributed by atoms with Gasteiger partial charge < -0.3 is 16.0 Å². The molecule has 0 heterocycles. The van der Waals surface area contributed by atoms with E-state index in [0.717, 1.165) is 36.9 Å². The molecule has 3 rings (SSSR count). The number of hydrogen-bond acceptors (Lipinski definition) is 2. The summed E-state index contributed by atoms with van der Waals surface area (Å²) in [4.78, 5) is 24.1. The van der Waals surface area contributed by atoms with Crippen LogP contribution in [-0.4, -0.2) is 18.0 Å². The zero-order chi connectivity index (χ0) is 18.4. The molecule has 142 valence electrons. The molecule has 0 aliphatic heterocycles. The molecule has 2 aliphatic carbocycles. The fourth-order valence-corrected chi connectivity index (χ4v) is 3.55. The summed E-state index contributed by atoms with van der Waals surface area (Å²) in [6.07, 6.45) is 10.5. The summed E-state index contributed by atoms with van der Waals surface area (Å²) < 4.78 is 0. The van der Waals surface area contributed by atoms with E-state index in [9.17, 15) is 9.59 Å². The number of nitrogens with one attached hydrogen (secondary N) is 3. The lowest BCUT2D eigenvalue weighted by atomic mass is 9.97. The molecular formula is C21H31N3O2. The zero-order valence-electron chi connectivity index (χ0n) is 15.7. The Bertz CT molecular complexity index is 602. The maximum absolute atomic E-state index is 12.3. The Morgan fingerprint density at radius 2 is 1.54 bits per heavy atom. The van der Waals surface area contributed by atoms with Gasteiger partial charge in [0.25, 0.3) is 0 Å². The number of urea groups is 1. The fraction of sp³-hybridized carbons (Fsp3) is 0.619. The van der Waals surface area contributed by atoms with Crippen molar-refractivity contribution in [3.8, 4) is 0 Å². The van der Waals surface area contributed by atoms with Crippen LogP contribution in [0.4, 0.5) is 10.5 Å². The summed E-state index contributed by atoms with van der Waals surface area (Å²) >= 11 is 0. The third-order valence-corrected chi connectivity index (χ3v) is 5.41. The Balaban J connectivity index is 1.46. The third-order valence-electron chi connectivity index (χ3n) is 5.41. The summed E-state index contributed by atoms with van der Waals surface area (Å²) in [5.41, 5.74) is 1.85. The monoisotopic (exact) mass is 357 g/mol. The second-order valence-electron chi connectivity index (χ2n) is 7.77. The van der Waals surface area contributed by atoms with Gasteiger partial charge in [-0.1, -0.05) is 44.2 Å². The lowest BCUT2D eigenvalue weighted by Gasteiger charge is -2.23. The average molecular weight is 357 g/mol. The van der Waals surface area contributed by atoms with E-state index in [-0.39, 0.29) is 23.9 Å². The van der Waals surface area contributed by atoms with Gasteiger partial charge in [0.2, 0.25) is 5.91 Å². The summed E-state index contributed by atoms with van der Waals surface area (Å²) in [5.74, 6) is 0.315. The molecule has 2 fully saturated rings. The van der Waals surface area contributed by atoms with Gasteiger partial charge in [-0.2, -0.15) is 0 Å². The van der Waals surface area contributed by atoms with E-state index < -0.39 is 0 Å². The molecule has 3 amide bonds. The molecule has 2 saturated carbocycles. The molecule has 0 bridgehead atoms. The Morgan fingerprint density at radius 3 is 2.15 bits per heavy atom. The van der Waals surface area contributed by atoms with E-state index in [1.807, 2.05) is 31.2 Å². The molecule has 0 spiro atoms. The summed E-state index contributed by atoms with van der Waals surface area (Å²) in [6, 6.07) is 7.86. The first-order valence-corrected chi connectivity index (χ1v) is 10.1. The van der Waals surface area contributed by atoms with Crippen LogP contribution in [0.2, 0.25) is 0 Å². The Kier molecular flexibility index (Phi) is 6.53. The highest BCUT2D eigenvalue weighted by Gasteiger charge is 2.29. The summed E-state index contributed by atoms with van der Waals surface area (Å²) in [5, 5.41) is 9.11. The van der Waals surface area contributed by atoms with Crippen molar-refractivity contribution in [2.24, 2.45) is 5.92 Å². The summed E-state index contributed by atoms with van der Waals surface area (Å²) in [7, 11) is 0. The van der Waals surface area contributed by atoms with Crippen LogP contribution in [0.1, 0.15) is 76.3 Å². The molecule has 2 aliphatic rings. The smallest absolute Gasteiger partial charge is 0.315 e. The van der Waals surface area contributed by atoms with Crippen molar-refractivity contribution in [2.45, 2.75) is 76.8 Å². The SMILES string of the molecule is CC(NC(=O)NC1CCCCCCC1)c1ccc(NC(=O)C2CC2)cc1. The van der Waals surface area contributed by atoms with Crippen molar-refractivity contribution < 1.29 is 9.59 Å². The molecule has 0 saturated heterocycles. The van der Waals surface area contributed by atoms with E-state index in [0.29, 0.717) is 6.04 Å². The minimum Gasteiger partial charge on any atom is -0.335 e. The molecule has 1 aromatic rings. The van der Waals surface area contributed by atoms with Crippen LogP contribution in [0.15, 0.2) is 24.3 Å². The minimum absolute atomic E-state index is 0.0725. The van der Waals surface area contributed by atoms with Crippen molar-refractivity contribution in [3.63, 3.8) is 0 Å². The number of amides is 3. The molecule has 5 heteroatoms. The van der Waals surface area contributed by atoms with Gasteiger partial charge in [0.05, 0.1) is 6.04 Å². The summed E-state index contributed by atoms with van der Waals surface area (Å²) in [6.45, 7) is 1.98. The number of anilines is 1. The van der Waals surface area contributed by atoms with Crippen LogP contribution >= 0.6 is 0 Å². The predicted molar refractivity (Wildman–Crippen MR) is 104 cm³/mol. The highest BCUT2D eigenvalue weighted by atomic mass is 16.2. The molecule has 5 nitrogen and oxygen atoms in total. The van der Waals surface area contributed by atoms with Crippen molar-refractivity contribution in [2.75, 3.05) is 5.32 Å². The maximum Gasteiger partial charge on any atom is 0.315 e. The first kappa shape index (κ1) is 18.7. The van der Waals surface area contributed by atoms with Gasteiger partial charge in [-0.05, 0) is 50.3 Å². The van der Waals surface area contributed by atoms with Crippen molar-refractivity contribution >= 4 is 17.6 Å². The lowest BCUT2D eigenvalue weighted by molar-refractivity contribution is -0.117. The van der Waals surface area contributed by atoms with Crippen LogP contribution in [0.5, 0.6) is 0 Å². The van der Waals surface area contributed by atoms with Gasteiger partial charge in [-0.25, -0.2) is 4.79 Å². The topological polar surface area (TPSA) is 70.2 Å². The molecular weight excluding hydrogens is 326 g/mol. The number of hydrogen-bond donors (Lipinski definition) is 3. The number of benzene rings is 1. The van der Waals surface area contributed by atoms with Crippen molar-refractivity contribution in [1.29, 1.82) is 0 Å². The van der Waals surface area contributed by atoms with E-state index >= 15 is 0 Å². The standard InChI is InChI=1S/C21H31N3O2/c1-15(22-21(26)24-18-7-5-3-2-4-6-8-18)16-11-13-19(14-12-16)23-20(25)17-9-10-17/h11-15,17-18H,2-10H2,1H3,(H,23,25)(H2,22,24,26). The average Bonchev–Trinajstić information content (AvgIpc) is 3.43. The quantitative estimate of drug-likeness (QED) is 0.726. The van der Waals surface area contributed by atoms with Gasteiger partial charge in [-0.3, -0.25) is 4.79 Å². The van der Waals surface area contributed by atoms with Crippen LogP contribution in [0.25, 0.3) is 0 Å². The first-order valence-electron chi connectivity index (χ1n) is 10.1. The molecule has 1 unspecified atom stereocenters. The fourth-order valence-electron chi connectivity index (χ4n) is 3.55. The Morgan fingerprint density at radius 1 is 0.923 bits per heavy atom. The second kappa shape index (κ2) is 9.06. The lowest BCUT2D eigenvalue weighted by Crippen LogP contribution is -2.43. The predicted octanol–water partition coefficient (Wildman–Crippen LogP) is 4.51. The van der Waals surface area contributed by atoms with E-state index in [4.69, 9.17) is 0 Å². The van der Waals surface area contributed by atoms with Crippen LogP contribution in [-0.2, 0) is 4.79 Å². The van der Waals surface area contributed by atoms with Gasteiger partial charge in [0.1, 0.15) is 0 Å². The number of carbonyl (C=O) groups is 2. The molecule has 1 atom stereocenters. The second-order valence-corrected chi connectivity index (χ2v) is 7.77. The largest absolute Gasteiger partial charge is 0.335 e. The molecule has 26 heavy (non-hydrogen) atoms. The molecule has 3 N–H and O–H groups in total. The minimum atomic E-state index is -0.0887. The van der Waals surface area contributed by atoms with E-state index in [1.165, 1.54) is 32.1 Å².